The highest BCUT2D eigenvalue weighted by Crippen LogP contribution is 2.20. The fourth-order valence-electron chi connectivity index (χ4n) is 1.93. The van der Waals surface area contributed by atoms with Gasteiger partial charge in [-0.05, 0) is 38.4 Å². The van der Waals surface area contributed by atoms with E-state index in [1.54, 1.807) is 0 Å². The number of carbonyl (C=O) groups excluding carboxylic acids is 1. The number of hydrogen-bond donors (Lipinski definition) is 1. The average Bonchev–Trinajstić information content (AvgIpc) is 2.41. The summed E-state index contributed by atoms with van der Waals surface area (Å²) < 4.78 is 5.25. The number of benzene rings is 1. The van der Waals surface area contributed by atoms with E-state index in [2.05, 4.69) is 0 Å². The third-order valence-corrected chi connectivity index (χ3v) is 2.96. The third kappa shape index (κ3) is 5.01. The van der Waals surface area contributed by atoms with E-state index in [0.717, 1.165) is 17.7 Å². The molecule has 0 saturated heterocycles. The summed E-state index contributed by atoms with van der Waals surface area (Å²) in [4.78, 5) is 14.1. The molecule has 1 aromatic rings. The standard InChI is InChI=1S/C15H24N2O2/c1-3-19-12-9-15(18)17(11-6-10-16)14-8-5-4-7-13(14)2/h4-5,7-8H,3,6,9-12,16H2,1-2H3. The molecule has 0 radical (unpaired) electrons. The van der Waals surface area contributed by atoms with E-state index < -0.39 is 0 Å². The van der Waals surface area contributed by atoms with Crippen LogP contribution in [0.3, 0.4) is 0 Å². The molecule has 0 heterocycles. The zero-order valence-corrected chi connectivity index (χ0v) is 11.9. The van der Waals surface area contributed by atoms with Crippen LogP contribution in [0.1, 0.15) is 25.3 Å². The third-order valence-electron chi connectivity index (χ3n) is 2.96. The lowest BCUT2D eigenvalue weighted by Crippen LogP contribution is -2.34. The molecule has 0 aliphatic heterocycles. The van der Waals surface area contributed by atoms with Crippen LogP contribution in [0.4, 0.5) is 5.69 Å². The molecule has 0 saturated carbocycles. The molecule has 0 atom stereocenters. The van der Waals surface area contributed by atoms with Crippen LogP contribution in [0.2, 0.25) is 0 Å². The number of hydrogen-bond acceptors (Lipinski definition) is 3. The predicted octanol–water partition coefficient (Wildman–Crippen LogP) is 2.10. The summed E-state index contributed by atoms with van der Waals surface area (Å²) in [6, 6.07) is 7.92. The molecule has 4 heteroatoms. The molecule has 106 valence electrons. The topological polar surface area (TPSA) is 55.6 Å². The second-order valence-corrected chi connectivity index (χ2v) is 4.42. The van der Waals surface area contributed by atoms with E-state index in [1.807, 2.05) is 43.0 Å². The van der Waals surface area contributed by atoms with Crippen molar-refractivity contribution in [3.63, 3.8) is 0 Å². The first kappa shape index (κ1) is 15.7. The minimum atomic E-state index is 0.0937. The number of amides is 1. The van der Waals surface area contributed by atoms with Crippen LogP contribution in [-0.2, 0) is 9.53 Å². The van der Waals surface area contributed by atoms with Crippen molar-refractivity contribution in [2.24, 2.45) is 5.73 Å². The van der Waals surface area contributed by atoms with Crippen LogP contribution in [0.15, 0.2) is 24.3 Å². The molecule has 1 rings (SSSR count). The molecule has 1 aromatic carbocycles. The van der Waals surface area contributed by atoms with E-state index >= 15 is 0 Å². The SMILES string of the molecule is CCOCCC(=O)N(CCCN)c1ccccc1C. The Kier molecular flexibility index (Phi) is 7.15. The van der Waals surface area contributed by atoms with Gasteiger partial charge in [0, 0.05) is 18.8 Å². The minimum Gasteiger partial charge on any atom is -0.381 e. The van der Waals surface area contributed by atoms with Crippen molar-refractivity contribution >= 4 is 11.6 Å². The van der Waals surface area contributed by atoms with Crippen molar-refractivity contribution in [3.8, 4) is 0 Å². The highest BCUT2D eigenvalue weighted by atomic mass is 16.5. The Morgan fingerprint density at radius 1 is 1.37 bits per heavy atom. The highest BCUT2D eigenvalue weighted by Gasteiger charge is 2.16. The molecule has 4 nitrogen and oxygen atoms in total. The van der Waals surface area contributed by atoms with Gasteiger partial charge in [0.2, 0.25) is 5.91 Å². The number of aryl methyl sites for hydroxylation is 1. The molecular weight excluding hydrogens is 240 g/mol. The minimum absolute atomic E-state index is 0.0937. The van der Waals surface area contributed by atoms with Gasteiger partial charge in [-0.25, -0.2) is 0 Å². The number of anilines is 1. The molecule has 0 bridgehead atoms. The second kappa shape index (κ2) is 8.67. The summed E-state index contributed by atoms with van der Waals surface area (Å²) >= 11 is 0. The Morgan fingerprint density at radius 2 is 2.11 bits per heavy atom. The average molecular weight is 264 g/mol. The fourth-order valence-corrected chi connectivity index (χ4v) is 1.93. The van der Waals surface area contributed by atoms with Crippen molar-refractivity contribution in [2.45, 2.75) is 26.7 Å². The zero-order chi connectivity index (χ0) is 14.1. The van der Waals surface area contributed by atoms with Crippen LogP contribution >= 0.6 is 0 Å². The van der Waals surface area contributed by atoms with Crippen LogP contribution in [0, 0.1) is 6.92 Å². The molecule has 2 N–H and O–H groups in total. The van der Waals surface area contributed by atoms with Crippen LogP contribution in [0.5, 0.6) is 0 Å². The van der Waals surface area contributed by atoms with E-state index in [4.69, 9.17) is 10.5 Å². The van der Waals surface area contributed by atoms with Gasteiger partial charge >= 0.3 is 0 Å². The summed E-state index contributed by atoms with van der Waals surface area (Å²) in [7, 11) is 0. The van der Waals surface area contributed by atoms with E-state index in [9.17, 15) is 4.79 Å². The van der Waals surface area contributed by atoms with Crippen LogP contribution < -0.4 is 10.6 Å². The van der Waals surface area contributed by atoms with Crippen LogP contribution in [-0.4, -0.2) is 32.2 Å². The van der Waals surface area contributed by atoms with Crippen molar-refractivity contribution in [3.05, 3.63) is 29.8 Å². The Labute approximate surface area is 115 Å². The first-order chi connectivity index (χ1) is 9.20. The maximum Gasteiger partial charge on any atom is 0.229 e. The summed E-state index contributed by atoms with van der Waals surface area (Å²) in [6.07, 6.45) is 1.21. The molecule has 0 unspecified atom stereocenters. The Hall–Kier alpha value is -1.39. The van der Waals surface area contributed by atoms with Gasteiger partial charge < -0.3 is 15.4 Å². The van der Waals surface area contributed by atoms with E-state index in [1.165, 1.54) is 0 Å². The van der Waals surface area contributed by atoms with Crippen molar-refractivity contribution in [2.75, 3.05) is 31.2 Å². The van der Waals surface area contributed by atoms with Crippen molar-refractivity contribution in [1.82, 2.24) is 0 Å². The lowest BCUT2D eigenvalue weighted by atomic mass is 10.1. The number of nitrogens with two attached hydrogens (primary N) is 1. The lowest BCUT2D eigenvalue weighted by molar-refractivity contribution is -0.119. The Bertz CT molecular complexity index is 393. The first-order valence-electron chi connectivity index (χ1n) is 6.84. The highest BCUT2D eigenvalue weighted by molar-refractivity contribution is 5.94. The molecule has 0 fully saturated rings. The van der Waals surface area contributed by atoms with Gasteiger partial charge in [0.05, 0.1) is 13.0 Å². The number of para-hydroxylation sites is 1. The Balaban J connectivity index is 2.76. The van der Waals surface area contributed by atoms with Gasteiger partial charge in [-0.15, -0.1) is 0 Å². The van der Waals surface area contributed by atoms with Crippen molar-refractivity contribution in [1.29, 1.82) is 0 Å². The maximum absolute atomic E-state index is 12.3. The fraction of sp³-hybridized carbons (Fsp3) is 0.533. The normalized spacial score (nSPS) is 10.5. The van der Waals surface area contributed by atoms with Gasteiger partial charge in [0.15, 0.2) is 0 Å². The molecule has 0 aliphatic carbocycles. The first-order valence-corrected chi connectivity index (χ1v) is 6.84. The number of rotatable bonds is 8. The molecule has 0 aliphatic rings. The molecule has 1 amide bonds. The van der Waals surface area contributed by atoms with Gasteiger partial charge in [-0.1, -0.05) is 18.2 Å². The lowest BCUT2D eigenvalue weighted by Gasteiger charge is -2.24. The van der Waals surface area contributed by atoms with Gasteiger partial charge in [0.25, 0.3) is 0 Å². The predicted molar refractivity (Wildman–Crippen MR) is 78.3 cm³/mol. The summed E-state index contributed by atoms with van der Waals surface area (Å²) in [5.41, 5.74) is 7.62. The molecular formula is C15H24N2O2. The summed E-state index contributed by atoms with van der Waals surface area (Å²) in [5.74, 6) is 0.0937. The van der Waals surface area contributed by atoms with E-state index in [0.29, 0.717) is 32.7 Å². The number of ether oxygens (including phenoxy) is 1. The number of carbonyl (C=O) groups is 1. The molecule has 0 spiro atoms. The number of nitrogens with zero attached hydrogens (tertiary/aromatic N) is 1. The molecule has 19 heavy (non-hydrogen) atoms. The van der Waals surface area contributed by atoms with Gasteiger partial charge in [-0.2, -0.15) is 0 Å². The summed E-state index contributed by atoms with van der Waals surface area (Å²) in [6.45, 7) is 6.30. The van der Waals surface area contributed by atoms with Crippen LogP contribution in [0.25, 0.3) is 0 Å². The molecule has 0 aromatic heterocycles. The largest absolute Gasteiger partial charge is 0.381 e. The van der Waals surface area contributed by atoms with Crippen molar-refractivity contribution < 1.29 is 9.53 Å². The Morgan fingerprint density at radius 3 is 2.74 bits per heavy atom. The second-order valence-electron chi connectivity index (χ2n) is 4.42. The smallest absolute Gasteiger partial charge is 0.229 e. The quantitative estimate of drug-likeness (QED) is 0.732. The van der Waals surface area contributed by atoms with Gasteiger partial charge in [-0.3, -0.25) is 4.79 Å². The van der Waals surface area contributed by atoms with Gasteiger partial charge in [0.1, 0.15) is 0 Å². The van der Waals surface area contributed by atoms with E-state index in [-0.39, 0.29) is 5.91 Å². The zero-order valence-electron chi connectivity index (χ0n) is 11.9. The monoisotopic (exact) mass is 264 g/mol. The summed E-state index contributed by atoms with van der Waals surface area (Å²) in [5, 5.41) is 0. The maximum atomic E-state index is 12.3.